The zero-order valence-electron chi connectivity index (χ0n) is 11.0. The minimum Gasteiger partial charge on any atom is -0.372 e. The summed E-state index contributed by atoms with van der Waals surface area (Å²) in [5.41, 5.74) is 1.26. The third kappa shape index (κ3) is 4.71. The first kappa shape index (κ1) is 14.0. The smallest absolute Gasteiger partial charge is 0.0949 e. The van der Waals surface area contributed by atoms with Gasteiger partial charge in [-0.3, -0.25) is 0 Å². The van der Waals surface area contributed by atoms with Gasteiger partial charge in [-0.15, -0.1) is 0 Å². The summed E-state index contributed by atoms with van der Waals surface area (Å²) < 4.78 is 7.14. The summed E-state index contributed by atoms with van der Waals surface area (Å²) in [6.07, 6.45) is 5.13. The molecule has 18 heavy (non-hydrogen) atoms. The predicted molar refractivity (Wildman–Crippen MR) is 78.8 cm³/mol. The molecule has 0 aromatic heterocycles. The molecule has 0 radical (unpaired) electrons. The number of halogens is 1. The monoisotopic (exact) mass is 311 g/mol. The highest BCUT2D eigenvalue weighted by molar-refractivity contribution is 9.10. The quantitative estimate of drug-likeness (QED) is 0.731. The van der Waals surface area contributed by atoms with Crippen LogP contribution in [0, 0.1) is 0 Å². The van der Waals surface area contributed by atoms with Gasteiger partial charge in [0, 0.05) is 23.7 Å². The summed E-state index contributed by atoms with van der Waals surface area (Å²) in [4.78, 5) is 0. The van der Waals surface area contributed by atoms with E-state index in [2.05, 4.69) is 52.4 Å². The molecular formula is C15H22BrNO. The van der Waals surface area contributed by atoms with Crippen molar-refractivity contribution in [3.05, 3.63) is 34.3 Å². The topological polar surface area (TPSA) is 21.3 Å². The summed E-state index contributed by atoms with van der Waals surface area (Å²) in [5.74, 6) is 0. The molecule has 1 aliphatic carbocycles. The van der Waals surface area contributed by atoms with Gasteiger partial charge < -0.3 is 10.1 Å². The number of unbranched alkanes of at least 4 members (excludes halogenated alkanes) is 1. The Labute approximate surface area is 118 Å². The Hall–Kier alpha value is -0.380. The van der Waals surface area contributed by atoms with E-state index in [1.807, 2.05) is 0 Å². The minimum absolute atomic E-state index is 0.176. The molecule has 1 aliphatic rings. The second-order valence-corrected chi connectivity index (χ2v) is 5.87. The van der Waals surface area contributed by atoms with Gasteiger partial charge in [0.25, 0.3) is 0 Å². The molecule has 0 saturated heterocycles. The van der Waals surface area contributed by atoms with Crippen molar-refractivity contribution in [1.29, 1.82) is 0 Å². The molecular weight excluding hydrogens is 290 g/mol. The van der Waals surface area contributed by atoms with E-state index in [0.717, 1.165) is 30.1 Å². The van der Waals surface area contributed by atoms with Gasteiger partial charge in [0.05, 0.1) is 6.10 Å². The van der Waals surface area contributed by atoms with Crippen LogP contribution in [0.5, 0.6) is 0 Å². The second kappa shape index (κ2) is 7.27. The van der Waals surface area contributed by atoms with Crippen molar-refractivity contribution in [1.82, 2.24) is 5.32 Å². The number of nitrogens with one attached hydrogen (secondary N) is 1. The number of benzene rings is 1. The fraction of sp³-hybridized carbons (Fsp3) is 0.600. The summed E-state index contributed by atoms with van der Waals surface area (Å²) in [6, 6.07) is 9.17. The fourth-order valence-corrected chi connectivity index (χ4v) is 2.33. The van der Waals surface area contributed by atoms with Crippen LogP contribution in [0.25, 0.3) is 0 Å². The Kier molecular flexibility index (Phi) is 5.67. The van der Waals surface area contributed by atoms with Gasteiger partial charge in [0.15, 0.2) is 0 Å². The van der Waals surface area contributed by atoms with Crippen LogP contribution < -0.4 is 5.32 Å². The Morgan fingerprint density at radius 1 is 1.44 bits per heavy atom. The van der Waals surface area contributed by atoms with Crippen LogP contribution in [0.15, 0.2) is 28.7 Å². The van der Waals surface area contributed by atoms with Gasteiger partial charge in [0.2, 0.25) is 0 Å². The molecule has 3 heteroatoms. The molecule has 1 fully saturated rings. The van der Waals surface area contributed by atoms with Gasteiger partial charge in [0.1, 0.15) is 0 Å². The van der Waals surface area contributed by atoms with Gasteiger partial charge in [-0.2, -0.15) is 0 Å². The van der Waals surface area contributed by atoms with Crippen molar-refractivity contribution in [2.75, 3.05) is 13.2 Å². The number of hydrogen-bond acceptors (Lipinski definition) is 2. The molecule has 1 aromatic carbocycles. The third-order valence-electron chi connectivity index (χ3n) is 3.21. The first-order valence-electron chi connectivity index (χ1n) is 6.90. The maximum absolute atomic E-state index is 6.02. The molecule has 100 valence electrons. The molecule has 1 unspecified atom stereocenters. The maximum Gasteiger partial charge on any atom is 0.0949 e. The standard InChI is InChI=1S/C15H22BrNO/c1-2-3-9-18-15(11-17-14-7-8-14)12-5-4-6-13(16)10-12/h4-6,10,14-15,17H,2-3,7-9,11H2,1H3. The molecule has 1 atom stereocenters. The average Bonchev–Trinajstić information content (AvgIpc) is 3.17. The van der Waals surface area contributed by atoms with E-state index in [0.29, 0.717) is 0 Å². The molecule has 0 bridgehead atoms. The van der Waals surface area contributed by atoms with Crippen LogP contribution in [0.3, 0.4) is 0 Å². The lowest BCUT2D eigenvalue weighted by Gasteiger charge is -2.19. The largest absolute Gasteiger partial charge is 0.372 e. The van der Waals surface area contributed by atoms with E-state index in [1.165, 1.54) is 24.8 Å². The first-order chi connectivity index (χ1) is 8.79. The number of hydrogen-bond donors (Lipinski definition) is 1. The molecule has 1 saturated carbocycles. The Balaban J connectivity index is 1.92. The Morgan fingerprint density at radius 2 is 2.28 bits per heavy atom. The van der Waals surface area contributed by atoms with E-state index < -0.39 is 0 Å². The van der Waals surface area contributed by atoms with Crippen LogP contribution >= 0.6 is 15.9 Å². The number of ether oxygens (including phenoxy) is 1. The van der Waals surface area contributed by atoms with E-state index in [9.17, 15) is 0 Å². The van der Waals surface area contributed by atoms with Crippen LogP contribution in [-0.2, 0) is 4.74 Å². The second-order valence-electron chi connectivity index (χ2n) is 4.95. The normalized spacial score (nSPS) is 16.8. The van der Waals surface area contributed by atoms with Gasteiger partial charge in [-0.1, -0.05) is 41.4 Å². The Bertz CT molecular complexity index is 365. The van der Waals surface area contributed by atoms with Crippen molar-refractivity contribution in [2.45, 2.75) is 44.8 Å². The molecule has 1 aromatic rings. The minimum atomic E-state index is 0.176. The highest BCUT2D eigenvalue weighted by atomic mass is 79.9. The zero-order valence-corrected chi connectivity index (χ0v) is 12.6. The lowest BCUT2D eigenvalue weighted by Crippen LogP contribution is -2.25. The van der Waals surface area contributed by atoms with Crippen molar-refractivity contribution < 1.29 is 4.74 Å². The fourth-order valence-electron chi connectivity index (χ4n) is 1.91. The summed E-state index contributed by atoms with van der Waals surface area (Å²) in [5, 5.41) is 3.56. The molecule has 0 spiro atoms. The average molecular weight is 312 g/mol. The van der Waals surface area contributed by atoms with Crippen molar-refractivity contribution >= 4 is 15.9 Å². The molecule has 0 aliphatic heterocycles. The lowest BCUT2D eigenvalue weighted by atomic mass is 10.1. The van der Waals surface area contributed by atoms with E-state index in [-0.39, 0.29) is 6.10 Å². The van der Waals surface area contributed by atoms with Crippen molar-refractivity contribution in [3.63, 3.8) is 0 Å². The van der Waals surface area contributed by atoms with Crippen LogP contribution in [0.4, 0.5) is 0 Å². The highest BCUT2D eigenvalue weighted by Gasteiger charge is 2.22. The van der Waals surface area contributed by atoms with Crippen LogP contribution in [0.2, 0.25) is 0 Å². The van der Waals surface area contributed by atoms with E-state index in [1.54, 1.807) is 0 Å². The van der Waals surface area contributed by atoms with Crippen LogP contribution in [-0.4, -0.2) is 19.2 Å². The molecule has 0 amide bonds. The van der Waals surface area contributed by atoms with Gasteiger partial charge >= 0.3 is 0 Å². The van der Waals surface area contributed by atoms with Crippen molar-refractivity contribution in [2.24, 2.45) is 0 Å². The molecule has 0 heterocycles. The van der Waals surface area contributed by atoms with Gasteiger partial charge in [-0.05, 0) is 37.0 Å². The Morgan fingerprint density at radius 3 is 2.94 bits per heavy atom. The SMILES string of the molecule is CCCCOC(CNC1CC1)c1cccc(Br)c1. The van der Waals surface area contributed by atoms with Crippen LogP contribution in [0.1, 0.15) is 44.3 Å². The summed E-state index contributed by atoms with van der Waals surface area (Å²) in [7, 11) is 0. The highest BCUT2D eigenvalue weighted by Crippen LogP contribution is 2.24. The first-order valence-corrected chi connectivity index (χ1v) is 7.69. The maximum atomic E-state index is 6.02. The lowest BCUT2D eigenvalue weighted by molar-refractivity contribution is 0.0503. The molecule has 2 nitrogen and oxygen atoms in total. The third-order valence-corrected chi connectivity index (χ3v) is 3.70. The predicted octanol–water partition coefficient (Wildman–Crippen LogP) is 4.06. The molecule has 2 rings (SSSR count). The van der Waals surface area contributed by atoms with Crippen molar-refractivity contribution in [3.8, 4) is 0 Å². The zero-order chi connectivity index (χ0) is 12.8. The summed E-state index contributed by atoms with van der Waals surface area (Å²) >= 11 is 3.53. The number of rotatable bonds is 8. The molecule has 1 N–H and O–H groups in total. The van der Waals surface area contributed by atoms with E-state index in [4.69, 9.17) is 4.74 Å². The van der Waals surface area contributed by atoms with E-state index >= 15 is 0 Å². The van der Waals surface area contributed by atoms with Gasteiger partial charge in [-0.25, -0.2) is 0 Å². The summed E-state index contributed by atoms with van der Waals surface area (Å²) in [6.45, 7) is 3.96.